The van der Waals surface area contributed by atoms with Gasteiger partial charge in [-0.3, -0.25) is 4.79 Å². The predicted octanol–water partition coefficient (Wildman–Crippen LogP) is 4.65. The SMILES string of the molecule is CN(C)CCCc1ccc(C(=O)CCc2cccc(Cl)c2)cc1. The Morgan fingerprint density at radius 1 is 1.00 bits per heavy atom. The molecule has 0 aromatic heterocycles. The van der Waals surface area contributed by atoms with Crippen LogP contribution in [0, 0.1) is 0 Å². The fourth-order valence-corrected chi connectivity index (χ4v) is 2.76. The van der Waals surface area contributed by atoms with E-state index in [0.717, 1.165) is 42.0 Å². The van der Waals surface area contributed by atoms with Crippen LogP contribution in [0.1, 0.15) is 34.3 Å². The van der Waals surface area contributed by atoms with Crippen molar-refractivity contribution in [1.82, 2.24) is 4.90 Å². The molecule has 0 heterocycles. The molecule has 0 saturated carbocycles. The topological polar surface area (TPSA) is 20.3 Å². The summed E-state index contributed by atoms with van der Waals surface area (Å²) in [5, 5.41) is 0.719. The summed E-state index contributed by atoms with van der Waals surface area (Å²) in [6, 6.07) is 15.7. The summed E-state index contributed by atoms with van der Waals surface area (Å²) in [6.07, 6.45) is 3.43. The van der Waals surface area contributed by atoms with Crippen LogP contribution in [-0.4, -0.2) is 31.3 Å². The van der Waals surface area contributed by atoms with E-state index < -0.39 is 0 Å². The summed E-state index contributed by atoms with van der Waals surface area (Å²) in [7, 11) is 4.17. The van der Waals surface area contributed by atoms with E-state index in [0.29, 0.717) is 6.42 Å². The van der Waals surface area contributed by atoms with Gasteiger partial charge in [-0.2, -0.15) is 0 Å². The first-order valence-corrected chi connectivity index (χ1v) is 8.44. The molecule has 0 saturated heterocycles. The number of rotatable bonds is 8. The molecular formula is C20H24ClNO. The molecule has 2 aromatic carbocycles. The first kappa shape index (κ1) is 17.7. The Morgan fingerprint density at radius 3 is 2.39 bits per heavy atom. The van der Waals surface area contributed by atoms with Crippen molar-refractivity contribution in [2.45, 2.75) is 25.7 Å². The van der Waals surface area contributed by atoms with Crippen molar-refractivity contribution in [3.8, 4) is 0 Å². The first-order valence-electron chi connectivity index (χ1n) is 8.06. The highest BCUT2D eigenvalue weighted by Crippen LogP contribution is 2.14. The molecule has 0 spiro atoms. The maximum Gasteiger partial charge on any atom is 0.163 e. The zero-order chi connectivity index (χ0) is 16.7. The maximum atomic E-state index is 12.3. The Labute approximate surface area is 144 Å². The largest absolute Gasteiger partial charge is 0.309 e. The summed E-state index contributed by atoms with van der Waals surface area (Å²) in [5.41, 5.74) is 3.19. The summed E-state index contributed by atoms with van der Waals surface area (Å²) >= 11 is 5.97. The van der Waals surface area contributed by atoms with Crippen molar-refractivity contribution in [2.75, 3.05) is 20.6 Å². The van der Waals surface area contributed by atoms with Gasteiger partial charge in [-0.25, -0.2) is 0 Å². The molecule has 0 atom stereocenters. The molecule has 0 N–H and O–H groups in total. The lowest BCUT2D eigenvalue weighted by Gasteiger charge is -2.09. The Bertz CT molecular complexity index is 634. The normalized spacial score (nSPS) is 11.0. The molecule has 0 unspecified atom stereocenters. The number of Topliss-reactive ketones (excluding diaryl/α,β-unsaturated/α-hetero) is 1. The van der Waals surface area contributed by atoms with Gasteiger partial charge < -0.3 is 4.90 Å². The van der Waals surface area contributed by atoms with E-state index in [1.54, 1.807) is 0 Å². The van der Waals surface area contributed by atoms with Gasteiger partial charge >= 0.3 is 0 Å². The Morgan fingerprint density at radius 2 is 1.74 bits per heavy atom. The smallest absolute Gasteiger partial charge is 0.163 e. The van der Waals surface area contributed by atoms with Gasteiger partial charge in [0.05, 0.1) is 0 Å². The van der Waals surface area contributed by atoms with Gasteiger partial charge in [-0.1, -0.05) is 48.0 Å². The van der Waals surface area contributed by atoms with Gasteiger partial charge in [0.15, 0.2) is 5.78 Å². The third-order valence-corrected chi connectivity index (χ3v) is 4.11. The second-order valence-electron chi connectivity index (χ2n) is 6.16. The molecule has 0 radical (unpaired) electrons. The highest BCUT2D eigenvalue weighted by molar-refractivity contribution is 6.30. The van der Waals surface area contributed by atoms with Gasteiger partial charge in [-0.15, -0.1) is 0 Å². The zero-order valence-electron chi connectivity index (χ0n) is 13.9. The van der Waals surface area contributed by atoms with Gasteiger partial charge in [0, 0.05) is 17.0 Å². The van der Waals surface area contributed by atoms with Crippen molar-refractivity contribution < 1.29 is 4.79 Å². The highest BCUT2D eigenvalue weighted by Gasteiger charge is 2.06. The van der Waals surface area contributed by atoms with Gasteiger partial charge in [-0.05, 0) is 63.2 Å². The minimum atomic E-state index is 0.185. The second-order valence-corrected chi connectivity index (χ2v) is 6.59. The molecule has 3 heteroatoms. The van der Waals surface area contributed by atoms with Crippen LogP contribution in [0.4, 0.5) is 0 Å². The molecule has 0 amide bonds. The van der Waals surface area contributed by atoms with Crippen LogP contribution in [0.3, 0.4) is 0 Å². The number of aryl methyl sites for hydroxylation is 2. The van der Waals surface area contributed by atoms with Crippen molar-refractivity contribution in [3.05, 3.63) is 70.2 Å². The lowest BCUT2D eigenvalue weighted by molar-refractivity contribution is 0.0983. The van der Waals surface area contributed by atoms with Crippen molar-refractivity contribution >= 4 is 17.4 Å². The minimum Gasteiger partial charge on any atom is -0.309 e. The second kappa shape index (κ2) is 8.85. The summed E-state index contributed by atoms with van der Waals surface area (Å²) in [5.74, 6) is 0.185. The van der Waals surface area contributed by atoms with E-state index in [9.17, 15) is 4.79 Å². The van der Waals surface area contributed by atoms with Crippen LogP contribution < -0.4 is 0 Å². The standard InChI is InChI=1S/C20H24ClNO/c1-22(2)14-4-6-16-8-11-18(12-9-16)20(23)13-10-17-5-3-7-19(21)15-17/h3,5,7-9,11-12,15H,4,6,10,13-14H2,1-2H3. The highest BCUT2D eigenvalue weighted by atomic mass is 35.5. The van der Waals surface area contributed by atoms with Crippen LogP contribution in [0.25, 0.3) is 0 Å². The number of carbonyl (C=O) groups is 1. The fraction of sp³-hybridized carbons (Fsp3) is 0.350. The van der Waals surface area contributed by atoms with Crippen molar-refractivity contribution in [2.24, 2.45) is 0 Å². The molecule has 0 aliphatic heterocycles. The molecule has 0 aliphatic rings. The summed E-state index contributed by atoms with van der Waals surface area (Å²) in [4.78, 5) is 14.5. The third kappa shape index (κ3) is 6.17. The van der Waals surface area contributed by atoms with Crippen molar-refractivity contribution in [1.29, 1.82) is 0 Å². The number of carbonyl (C=O) groups excluding carboxylic acids is 1. The molecule has 0 fully saturated rings. The molecule has 2 aromatic rings. The average Bonchev–Trinajstić information content (AvgIpc) is 2.53. The van der Waals surface area contributed by atoms with E-state index >= 15 is 0 Å². The van der Waals surface area contributed by atoms with Gasteiger partial charge in [0.1, 0.15) is 0 Å². The van der Waals surface area contributed by atoms with Crippen LogP contribution >= 0.6 is 11.6 Å². The molecule has 0 bridgehead atoms. The van der Waals surface area contributed by atoms with E-state index in [-0.39, 0.29) is 5.78 Å². The average molecular weight is 330 g/mol. The van der Waals surface area contributed by atoms with E-state index in [4.69, 9.17) is 11.6 Å². The summed E-state index contributed by atoms with van der Waals surface area (Å²) in [6.45, 7) is 1.08. The lowest BCUT2D eigenvalue weighted by Crippen LogP contribution is -2.13. The van der Waals surface area contributed by atoms with Crippen molar-refractivity contribution in [3.63, 3.8) is 0 Å². The molecule has 2 nitrogen and oxygen atoms in total. The Kier molecular flexibility index (Phi) is 6.82. The van der Waals surface area contributed by atoms with Crippen LogP contribution in [0.5, 0.6) is 0 Å². The van der Waals surface area contributed by atoms with E-state index in [1.165, 1.54) is 5.56 Å². The zero-order valence-corrected chi connectivity index (χ0v) is 14.6. The maximum absolute atomic E-state index is 12.3. The van der Waals surface area contributed by atoms with Crippen LogP contribution in [-0.2, 0) is 12.8 Å². The first-order chi connectivity index (χ1) is 11.0. The van der Waals surface area contributed by atoms with E-state index in [1.807, 2.05) is 36.4 Å². The van der Waals surface area contributed by atoms with E-state index in [2.05, 4.69) is 31.1 Å². The quantitative estimate of drug-likeness (QED) is 0.657. The number of nitrogens with zero attached hydrogens (tertiary/aromatic N) is 1. The van der Waals surface area contributed by atoms with Crippen LogP contribution in [0.15, 0.2) is 48.5 Å². The lowest BCUT2D eigenvalue weighted by atomic mass is 10.0. The molecule has 2 rings (SSSR count). The molecule has 122 valence electrons. The van der Waals surface area contributed by atoms with Gasteiger partial charge in [0.25, 0.3) is 0 Å². The minimum absolute atomic E-state index is 0.185. The van der Waals surface area contributed by atoms with Crippen LogP contribution in [0.2, 0.25) is 5.02 Å². The van der Waals surface area contributed by atoms with Gasteiger partial charge in [0.2, 0.25) is 0 Å². The Hall–Kier alpha value is -1.64. The molecular weight excluding hydrogens is 306 g/mol. The summed E-state index contributed by atoms with van der Waals surface area (Å²) < 4.78 is 0. The number of ketones is 1. The number of halogens is 1. The number of hydrogen-bond acceptors (Lipinski definition) is 2. The Balaban J connectivity index is 1.85. The third-order valence-electron chi connectivity index (χ3n) is 3.88. The fourth-order valence-electron chi connectivity index (χ4n) is 2.55. The predicted molar refractivity (Wildman–Crippen MR) is 97.4 cm³/mol. The molecule has 23 heavy (non-hydrogen) atoms. The number of benzene rings is 2. The monoisotopic (exact) mass is 329 g/mol. The number of hydrogen-bond donors (Lipinski definition) is 0. The molecule has 0 aliphatic carbocycles.